The van der Waals surface area contributed by atoms with Crippen LogP contribution in [0.3, 0.4) is 0 Å². The molecule has 0 radical (unpaired) electrons. The molecular weight excluding hydrogens is 229 g/mol. The summed E-state index contributed by atoms with van der Waals surface area (Å²) >= 11 is 0. The van der Waals surface area contributed by atoms with Crippen molar-refractivity contribution in [2.45, 2.75) is 38.3 Å². The Morgan fingerprint density at radius 1 is 1.29 bits per heavy atom. The number of ether oxygens (including phenoxy) is 1. The minimum atomic E-state index is -4.19. The van der Waals surface area contributed by atoms with E-state index in [1.54, 1.807) is 13.2 Å². The summed E-state index contributed by atoms with van der Waals surface area (Å²) in [5, 5.41) is 0. The van der Waals surface area contributed by atoms with E-state index in [0.29, 0.717) is 6.42 Å². The van der Waals surface area contributed by atoms with E-state index in [2.05, 4.69) is 0 Å². The summed E-state index contributed by atoms with van der Waals surface area (Å²) in [5.74, 6) is 0.267. The maximum Gasteiger partial charge on any atom is 0.416 e. The van der Waals surface area contributed by atoms with E-state index in [4.69, 9.17) is 4.74 Å². The molecule has 1 aliphatic carbocycles. The monoisotopic (exact) mass is 248 g/mol. The quantitative estimate of drug-likeness (QED) is 0.638. The van der Waals surface area contributed by atoms with Crippen LogP contribution in [0.5, 0.6) is 0 Å². The van der Waals surface area contributed by atoms with E-state index >= 15 is 0 Å². The van der Waals surface area contributed by atoms with E-state index < -0.39 is 11.7 Å². The van der Waals surface area contributed by atoms with Gasteiger partial charge in [-0.2, -0.15) is 13.2 Å². The fourth-order valence-electron chi connectivity index (χ4n) is 1.92. The molecule has 4 heteroatoms. The third-order valence-electron chi connectivity index (χ3n) is 2.94. The van der Waals surface area contributed by atoms with Gasteiger partial charge in [0.05, 0.1) is 5.57 Å². The largest absolute Gasteiger partial charge is 0.416 e. The summed E-state index contributed by atoms with van der Waals surface area (Å²) < 4.78 is 41.9. The highest BCUT2D eigenvalue weighted by molar-refractivity contribution is 5.27. The van der Waals surface area contributed by atoms with Gasteiger partial charge in [0.2, 0.25) is 0 Å². The third kappa shape index (κ3) is 5.39. The van der Waals surface area contributed by atoms with Crippen LogP contribution < -0.4 is 0 Å². The molecule has 1 unspecified atom stereocenters. The van der Waals surface area contributed by atoms with Crippen LogP contribution in [-0.4, -0.2) is 19.9 Å². The standard InChI is InChI=1S/C13H19F3O/c1-17-10-4-2-3-5-11-6-8-12(9-7-11)13(14,15)16/h6,8-9,11H,2-5,7,10H2,1H3. The lowest BCUT2D eigenvalue weighted by atomic mass is 9.92. The molecule has 1 atom stereocenters. The van der Waals surface area contributed by atoms with Gasteiger partial charge in [0.15, 0.2) is 0 Å². The number of alkyl halides is 3. The fourth-order valence-corrected chi connectivity index (χ4v) is 1.92. The maximum absolute atomic E-state index is 12.3. The Bertz CT molecular complexity index is 279. The average Bonchev–Trinajstić information content (AvgIpc) is 2.28. The molecule has 98 valence electrons. The summed E-state index contributed by atoms with van der Waals surface area (Å²) in [4.78, 5) is 0. The number of methoxy groups -OCH3 is 1. The molecule has 1 aliphatic rings. The van der Waals surface area contributed by atoms with Crippen LogP contribution in [0.2, 0.25) is 0 Å². The van der Waals surface area contributed by atoms with E-state index in [9.17, 15) is 13.2 Å². The molecule has 1 rings (SSSR count). The third-order valence-corrected chi connectivity index (χ3v) is 2.94. The summed E-state index contributed by atoms with van der Waals surface area (Å²) in [5.41, 5.74) is -0.506. The Morgan fingerprint density at radius 2 is 2.06 bits per heavy atom. The van der Waals surface area contributed by atoms with Gasteiger partial charge in [-0.3, -0.25) is 0 Å². The summed E-state index contributed by atoms with van der Waals surface area (Å²) in [7, 11) is 1.67. The maximum atomic E-state index is 12.3. The van der Waals surface area contributed by atoms with Crippen molar-refractivity contribution < 1.29 is 17.9 Å². The number of rotatable bonds is 6. The van der Waals surface area contributed by atoms with E-state index in [1.807, 2.05) is 0 Å². The Morgan fingerprint density at radius 3 is 2.59 bits per heavy atom. The molecule has 0 bridgehead atoms. The van der Waals surface area contributed by atoms with Crippen LogP contribution >= 0.6 is 0 Å². The zero-order chi connectivity index (χ0) is 12.7. The number of allylic oxidation sites excluding steroid dienone is 4. The first-order valence-electron chi connectivity index (χ1n) is 5.98. The van der Waals surface area contributed by atoms with Gasteiger partial charge in [-0.05, 0) is 25.2 Å². The minimum Gasteiger partial charge on any atom is -0.385 e. The van der Waals surface area contributed by atoms with Crippen LogP contribution in [-0.2, 0) is 4.74 Å². The molecule has 0 aromatic heterocycles. The Labute approximate surface area is 100 Å². The van der Waals surface area contributed by atoms with Crippen molar-refractivity contribution in [1.29, 1.82) is 0 Å². The van der Waals surface area contributed by atoms with Crippen LogP contribution in [0, 0.1) is 5.92 Å². The van der Waals surface area contributed by atoms with Gasteiger partial charge in [0.1, 0.15) is 0 Å². The first-order valence-corrected chi connectivity index (χ1v) is 5.98. The van der Waals surface area contributed by atoms with Crippen molar-refractivity contribution >= 4 is 0 Å². The van der Waals surface area contributed by atoms with Crippen LogP contribution in [0.1, 0.15) is 32.1 Å². The number of hydrogen-bond donors (Lipinski definition) is 0. The lowest BCUT2D eigenvalue weighted by Crippen LogP contribution is -2.13. The molecular formula is C13H19F3O. The van der Waals surface area contributed by atoms with Crippen molar-refractivity contribution in [3.63, 3.8) is 0 Å². The van der Waals surface area contributed by atoms with Crippen molar-refractivity contribution in [2.24, 2.45) is 5.92 Å². The van der Waals surface area contributed by atoms with Crippen molar-refractivity contribution in [2.75, 3.05) is 13.7 Å². The topological polar surface area (TPSA) is 9.23 Å². The molecule has 0 aromatic carbocycles. The van der Waals surface area contributed by atoms with Gasteiger partial charge < -0.3 is 4.74 Å². The predicted molar refractivity (Wildman–Crippen MR) is 61.7 cm³/mol. The minimum absolute atomic E-state index is 0.267. The van der Waals surface area contributed by atoms with Crippen LogP contribution in [0.15, 0.2) is 23.8 Å². The molecule has 0 N–H and O–H groups in total. The van der Waals surface area contributed by atoms with Crippen LogP contribution in [0.4, 0.5) is 13.2 Å². The fraction of sp³-hybridized carbons (Fsp3) is 0.692. The van der Waals surface area contributed by atoms with Gasteiger partial charge in [-0.25, -0.2) is 0 Å². The summed E-state index contributed by atoms with van der Waals surface area (Å²) in [6, 6.07) is 0. The summed E-state index contributed by atoms with van der Waals surface area (Å²) in [6.45, 7) is 0.763. The normalized spacial score (nSPS) is 20.5. The number of hydrogen-bond acceptors (Lipinski definition) is 1. The molecule has 1 nitrogen and oxygen atoms in total. The van der Waals surface area contributed by atoms with Gasteiger partial charge in [0, 0.05) is 13.7 Å². The van der Waals surface area contributed by atoms with Crippen molar-refractivity contribution in [3.8, 4) is 0 Å². The Balaban J connectivity index is 2.20. The highest BCUT2D eigenvalue weighted by Gasteiger charge is 2.32. The van der Waals surface area contributed by atoms with Gasteiger partial charge >= 0.3 is 6.18 Å². The lowest BCUT2D eigenvalue weighted by Gasteiger charge is -2.17. The first kappa shape index (κ1) is 14.3. The SMILES string of the molecule is COCCCCCC1C=CC(C(F)(F)F)=CC1. The Kier molecular flexibility index (Phi) is 5.75. The molecule has 0 amide bonds. The van der Waals surface area contributed by atoms with E-state index in [0.717, 1.165) is 32.3 Å². The molecule has 0 fully saturated rings. The average molecular weight is 248 g/mol. The molecule has 0 saturated carbocycles. The zero-order valence-corrected chi connectivity index (χ0v) is 10.1. The second kappa shape index (κ2) is 6.84. The molecule has 0 aliphatic heterocycles. The lowest BCUT2D eigenvalue weighted by molar-refractivity contribution is -0.0887. The molecule has 0 heterocycles. The van der Waals surface area contributed by atoms with Crippen molar-refractivity contribution in [3.05, 3.63) is 23.8 Å². The first-order chi connectivity index (χ1) is 8.04. The van der Waals surface area contributed by atoms with Gasteiger partial charge in [0.25, 0.3) is 0 Å². The molecule has 0 aromatic rings. The summed E-state index contributed by atoms with van der Waals surface area (Å²) in [6.07, 6.45) is 4.64. The van der Waals surface area contributed by atoms with E-state index in [-0.39, 0.29) is 5.92 Å². The number of unbranched alkanes of at least 4 members (excludes halogenated alkanes) is 2. The highest BCUT2D eigenvalue weighted by Crippen LogP contribution is 2.32. The molecule has 17 heavy (non-hydrogen) atoms. The van der Waals surface area contributed by atoms with Gasteiger partial charge in [-0.1, -0.05) is 31.1 Å². The van der Waals surface area contributed by atoms with Crippen LogP contribution in [0.25, 0.3) is 0 Å². The second-order valence-corrected chi connectivity index (χ2v) is 4.35. The molecule has 0 spiro atoms. The smallest absolute Gasteiger partial charge is 0.385 e. The second-order valence-electron chi connectivity index (χ2n) is 4.35. The van der Waals surface area contributed by atoms with Crippen molar-refractivity contribution in [1.82, 2.24) is 0 Å². The number of halogens is 3. The highest BCUT2D eigenvalue weighted by atomic mass is 19.4. The molecule has 0 saturated heterocycles. The van der Waals surface area contributed by atoms with Gasteiger partial charge in [-0.15, -0.1) is 0 Å². The van der Waals surface area contributed by atoms with E-state index in [1.165, 1.54) is 12.2 Å². The zero-order valence-electron chi connectivity index (χ0n) is 10.1. The Hall–Kier alpha value is -0.770. The predicted octanol–water partition coefficient (Wildman–Crippen LogP) is 4.26.